The summed E-state index contributed by atoms with van der Waals surface area (Å²) in [6.45, 7) is 0.797. The van der Waals surface area contributed by atoms with Crippen molar-refractivity contribution in [3.05, 3.63) is 29.6 Å². The molecule has 2 nitrogen and oxygen atoms in total. The fourth-order valence-electron chi connectivity index (χ4n) is 1.90. The first-order valence-corrected chi connectivity index (χ1v) is 6.23. The van der Waals surface area contributed by atoms with Gasteiger partial charge in [-0.15, -0.1) is 0 Å². The Morgan fingerprint density at radius 3 is 2.94 bits per heavy atom. The molecule has 88 valence electrons. The molecule has 1 fully saturated rings. The lowest BCUT2D eigenvalue weighted by atomic mass is 10.1. The first-order chi connectivity index (χ1) is 7.72. The van der Waals surface area contributed by atoms with Gasteiger partial charge in [0.15, 0.2) is 11.6 Å². The molecule has 1 aromatic carbocycles. The molecule has 1 aliphatic rings. The van der Waals surface area contributed by atoms with Gasteiger partial charge in [-0.2, -0.15) is 0 Å². The second-order valence-corrected chi connectivity index (χ2v) is 4.83. The molecule has 0 radical (unpaired) electrons. The molecule has 1 saturated heterocycles. The van der Waals surface area contributed by atoms with E-state index in [9.17, 15) is 4.39 Å². The van der Waals surface area contributed by atoms with Gasteiger partial charge < -0.3 is 9.47 Å². The highest BCUT2D eigenvalue weighted by molar-refractivity contribution is 9.09. The summed E-state index contributed by atoms with van der Waals surface area (Å²) in [7, 11) is 1.46. The van der Waals surface area contributed by atoms with Crippen LogP contribution in [0, 0.1) is 5.82 Å². The molecule has 4 heteroatoms. The minimum absolute atomic E-state index is 0.0513. The van der Waals surface area contributed by atoms with E-state index in [1.165, 1.54) is 13.2 Å². The summed E-state index contributed by atoms with van der Waals surface area (Å²) in [6.07, 6.45) is 2.24. The van der Waals surface area contributed by atoms with E-state index in [-0.39, 0.29) is 22.5 Å². The van der Waals surface area contributed by atoms with Gasteiger partial charge in [-0.1, -0.05) is 22.0 Å². The Labute approximate surface area is 103 Å². The van der Waals surface area contributed by atoms with E-state index >= 15 is 0 Å². The van der Waals surface area contributed by atoms with Crippen molar-refractivity contribution >= 4 is 15.9 Å². The minimum atomic E-state index is -0.331. The molecule has 0 aliphatic carbocycles. The fraction of sp³-hybridized carbons (Fsp3) is 0.500. The molecule has 0 amide bonds. The maximum atomic E-state index is 13.5. The zero-order valence-electron chi connectivity index (χ0n) is 9.08. The molecular formula is C12H14BrFO2. The van der Waals surface area contributed by atoms with Crippen LogP contribution in [0.4, 0.5) is 4.39 Å². The van der Waals surface area contributed by atoms with Crippen molar-refractivity contribution in [2.24, 2.45) is 0 Å². The van der Waals surface area contributed by atoms with Crippen LogP contribution in [0.5, 0.6) is 5.75 Å². The van der Waals surface area contributed by atoms with Gasteiger partial charge in [0.05, 0.1) is 18.0 Å². The Morgan fingerprint density at radius 1 is 1.56 bits per heavy atom. The zero-order valence-corrected chi connectivity index (χ0v) is 10.7. The standard InChI is InChI=1S/C12H14BrFO2/c1-15-10-5-4-8(7-9(10)14)12(13)11-3-2-6-16-11/h4-5,7,11-12H,2-3,6H2,1H3. The Morgan fingerprint density at radius 2 is 2.38 bits per heavy atom. The van der Waals surface area contributed by atoms with Gasteiger partial charge in [0.2, 0.25) is 0 Å². The van der Waals surface area contributed by atoms with Crippen molar-refractivity contribution in [2.45, 2.75) is 23.8 Å². The first kappa shape index (κ1) is 11.9. The van der Waals surface area contributed by atoms with E-state index in [2.05, 4.69) is 15.9 Å². The van der Waals surface area contributed by atoms with Crippen LogP contribution in [0.1, 0.15) is 23.2 Å². The third-order valence-corrected chi connectivity index (χ3v) is 3.90. The predicted molar refractivity (Wildman–Crippen MR) is 63.6 cm³/mol. The Hall–Kier alpha value is -0.610. The summed E-state index contributed by atoms with van der Waals surface area (Å²) in [6, 6.07) is 5.01. The number of hydrogen-bond donors (Lipinski definition) is 0. The average molecular weight is 289 g/mol. The van der Waals surface area contributed by atoms with Crippen molar-refractivity contribution in [1.82, 2.24) is 0 Å². The maximum Gasteiger partial charge on any atom is 0.165 e. The van der Waals surface area contributed by atoms with Crippen LogP contribution in [0.25, 0.3) is 0 Å². The molecular weight excluding hydrogens is 275 g/mol. The van der Waals surface area contributed by atoms with Gasteiger partial charge in [0.1, 0.15) is 0 Å². The average Bonchev–Trinajstić information content (AvgIpc) is 2.81. The second-order valence-electron chi connectivity index (χ2n) is 3.85. The minimum Gasteiger partial charge on any atom is -0.494 e. The van der Waals surface area contributed by atoms with Crippen molar-refractivity contribution in [2.75, 3.05) is 13.7 Å². The first-order valence-electron chi connectivity index (χ1n) is 5.31. The number of halogens is 2. The lowest BCUT2D eigenvalue weighted by molar-refractivity contribution is 0.110. The number of alkyl halides is 1. The smallest absolute Gasteiger partial charge is 0.165 e. The summed E-state index contributed by atoms with van der Waals surface area (Å²) in [4.78, 5) is 0.0513. The SMILES string of the molecule is COc1ccc(C(Br)C2CCCO2)cc1F. The van der Waals surface area contributed by atoms with Crippen molar-refractivity contribution in [3.63, 3.8) is 0 Å². The Bertz CT molecular complexity index is 364. The number of rotatable bonds is 3. The van der Waals surface area contributed by atoms with Gasteiger partial charge in [-0.3, -0.25) is 0 Å². The largest absolute Gasteiger partial charge is 0.494 e. The van der Waals surface area contributed by atoms with Gasteiger partial charge in [-0.25, -0.2) is 4.39 Å². The molecule has 0 bridgehead atoms. The summed E-state index contributed by atoms with van der Waals surface area (Å²) < 4.78 is 24.0. The van der Waals surface area contributed by atoms with Crippen molar-refractivity contribution in [1.29, 1.82) is 0 Å². The lowest BCUT2D eigenvalue weighted by Gasteiger charge is -2.17. The lowest BCUT2D eigenvalue weighted by Crippen LogP contribution is -2.12. The Balaban J connectivity index is 2.16. The molecule has 0 aromatic heterocycles. The number of ether oxygens (including phenoxy) is 2. The van der Waals surface area contributed by atoms with Crippen LogP contribution in [0.2, 0.25) is 0 Å². The Kier molecular flexibility index (Phi) is 3.82. The van der Waals surface area contributed by atoms with E-state index in [0.29, 0.717) is 0 Å². The summed E-state index contributed by atoms with van der Waals surface area (Å²) in [5, 5.41) is 0. The third-order valence-electron chi connectivity index (χ3n) is 2.79. The quantitative estimate of drug-likeness (QED) is 0.793. The van der Waals surface area contributed by atoms with E-state index in [0.717, 1.165) is 25.0 Å². The van der Waals surface area contributed by atoms with E-state index in [1.54, 1.807) is 6.07 Å². The molecule has 0 saturated carbocycles. The highest BCUT2D eigenvalue weighted by atomic mass is 79.9. The van der Waals surface area contributed by atoms with Crippen LogP contribution in [-0.4, -0.2) is 19.8 Å². The number of methoxy groups -OCH3 is 1. The zero-order chi connectivity index (χ0) is 11.5. The normalized spacial score (nSPS) is 22.1. The van der Waals surface area contributed by atoms with Crippen LogP contribution in [0.3, 0.4) is 0 Å². The van der Waals surface area contributed by atoms with E-state index in [1.807, 2.05) is 6.07 Å². The fourth-order valence-corrected chi connectivity index (χ4v) is 2.60. The van der Waals surface area contributed by atoms with Gasteiger partial charge >= 0.3 is 0 Å². The predicted octanol–water partition coefficient (Wildman–Crippen LogP) is 3.45. The molecule has 2 atom stereocenters. The molecule has 2 unspecified atom stereocenters. The van der Waals surface area contributed by atoms with Crippen molar-refractivity contribution < 1.29 is 13.9 Å². The molecule has 0 N–H and O–H groups in total. The summed E-state index contributed by atoms with van der Waals surface area (Å²) >= 11 is 3.56. The molecule has 16 heavy (non-hydrogen) atoms. The van der Waals surface area contributed by atoms with Gasteiger partial charge in [0, 0.05) is 6.61 Å². The maximum absolute atomic E-state index is 13.5. The third kappa shape index (κ3) is 2.38. The van der Waals surface area contributed by atoms with Crippen LogP contribution in [-0.2, 0) is 4.74 Å². The molecule has 0 spiro atoms. The molecule has 1 aromatic rings. The van der Waals surface area contributed by atoms with Crippen molar-refractivity contribution in [3.8, 4) is 5.75 Å². The second kappa shape index (κ2) is 5.15. The molecule has 1 aliphatic heterocycles. The number of benzene rings is 1. The highest BCUT2D eigenvalue weighted by Crippen LogP contribution is 2.35. The molecule has 2 rings (SSSR count). The summed E-state index contributed by atoms with van der Waals surface area (Å²) in [5.74, 6) is -0.0572. The molecule has 1 heterocycles. The number of hydrogen-bond acceptors (Lipinski definition) is 2. The van der Waals surface area contributed by atoms with Crippen LogP contribution < -0.4 is 4.74 Å². The van der Waals surface area contributed by atoms with Crippen LogP contribution in [0.15, 0.2) is 18.2 Å². The van der Waals surface area contributed by atoms with E-state index < -0.39 is 0 Å². The van der Waals surface area contributed by atoms with Gasteiger partial charge in [0.25, 0.3) is 0 Å². The highest BCUT2D eigenvalue weighted by Gasteiger charge is 2.25. The summed E-state index contributed by atoms with van der Waals surface area (Å²) in [5.41, 5.74) is 0.894. The van der Waals surface area contributed by atoms with Gasteiger partial charge in [-0.05, 0) is 30.5 Å². The van der Waals surface area contributed by atoms with E-state index in [4.69, 9.17) is 9.47 Å². The topological polar surface area (TPSA) is 18.5 Å². The monoisotopic (exact) mass is 288 g/mol. The van der Waals surface area contributed by atoms with Crippen LogP contribution >= 0.6 is 15.9 Å².